The summed E-state index contributed by atoms with van der Waals surface area (Å²) < 4.78 is 5.88. The highest BCUT2D eigenvalue weighted by atomic mass is 16.5. The Morgan fingerprint density at radius 3 is 2.62 bits per heavy atom. The molecule has 1 saturated heterocycles. The number of ether oxygens (including phenoxy) is 1. The topological polar surface area (TPSA) is 41.5 Å². The zero-order valence-electron chi connectivity index (χ0n) is 8.20. The van der Waals surface area contributed by atoms with E-state index in [0.29, 0.717) is 18.6 Å². The van der Waals surface area contributed by atoms with Gasteiger partial charge in [-0.05, 0) is 18.8 Å². The van der Waals surface area contributed by atoms with Gasteiger partial charge in [0.05, 0.1) is 18.3 Å². The van der Waals surface area contributed by atoms with E-state index in [9.17, 15) is 5.11 Å². The van der Waals surface area contributed by atoms with Crippen LogP contribution in [0.15, 0.2) is 0 Å². The summed E-state index contributed by atoms with van der Waals surface area (Å²) in [5.74, 6) is 0.674. The average molecular weight is 185 g/mol. The number of aliphatic hydroxyl groups excluding tert-OH is 1. The highest BCUT2D eigenvalue weighted by Gasteiger charge is 2.32. The molecule has 2 fully saturated rings. The van der Waals surface area contributed by atoms with Gasteiger partial charge in [0.25, 0.3) is 0 Å². The summed E-state index contributed by atoms with van der Waals surface area (Å²) in [6.45, 7) is 3.74. The van der Waals surface area contributed by atoms with Crippen LogP contribution in [-0.2, 0) is 4.74 Å². The van der Waals surface area contributed by atoms with E-state index in [-0.39, 0.29) is 12.2 Å². The van der Waals surface area contributed by atoms with Crippen molar-refractivity contribution in [2.45, 2.75) is 44.5 Å². The smallest absolute Gasteiger partial charge is 0.0974 e. The molecule has 1 aliphatic heterocycles. The second kappa shape index (κ2) is 3.95. The molecular weight excluding hydrogens is 166 g/mol. The highest BCUT2D eigenvalue weighted by molar-refractivity contribution is 4.84. The average Bonchev–Trinajstić information content (AvgIpc) is 2.65. The molecule has 1 saturated carbocycles. The Balaban J connectivity index is 1.82. The lowest BCUT2D eigenvalue weighted by Gasteiger charge is -2.22. The second-order valence-corrected chi connectivity index (χ2v) is 4.35. The van der Waals surface area contributed by atoms with E-state index in [1.54, 1.807) is 0 Å². The van der Waals surface area contributed by atoms with E-state index in [4.69, 9.17) is 4.74 Å². The van der Waals surface area contributed by atoms with Crippen molar-refractivity contribution in [2.24, 2.45) is 5.92 Å². The molecule has 0 radical (unpaired) electrons. The summed E-state index contributed by atoms with van der Waals surface area (Å²) in [4.78, 5) is 0. The molecule has 2 N–H and O–H groups in total. The molecule has 0 spiro atoms. The zero-order valence-corrected chi connectivity index (χ0v) is 8.20. The molecule has 76 valence electrons. The molecule has 3 nitrogen and oxygen atoms in total. The molecular formula is C10H19NO2. The predicted molar refractivity (Wildman–Crippen MR) is 50.6 cm³/mol. The van der Waals surface area contributed by atoms with Crippen molar-refractivity contribution in [1.29, 1.82) is 0 Å². The van der Waals surface area contributed by atoms with Gasteiger partial charge in [-0.3, -0.25) is 0 Å². The zero-order chi connectivity index (χ0) is 9.26. The van der Waals surface area contributed by atoms with Gasteiger partial charge in [0.1, 0.15) is 0 Å². The molecule has 13 heavy (non-hydrogen) atoms. The summed E-state index contributed by atoms with van der Waals surface area (Å²) in [5.41, 5.74) is 0. The fourth-order valence-electron chi connectivity index (χ4n) is 2.32. The first kappa shape index (κ1) is 9.44. The van der Waals surface area contributed by atoms with E-state index < -0.39 is 0 Å². The third kappa shape index (κ3) is 2.03. The van der Waals surface area contributed by atoms with Crippen molar-refractivity contribution in [3.05, 3.63) is 0 Å². The molecule has 0 aromatic carbocycles. The van der Waals surface area contributed by atoms with Crippen LogP contribution in [0, 0.1) is 5.92 Å². The third-order valence-electron chi connectivity index (χ3n) is 3.26. The Labute approximate surface area is 79.5 Å². The van der Waals surface area contributed by atoms with Crippen LogP contribution < -0.4 is 5.32 Å². The maximum absolute atomic E-state index is 9.55. The third-order valence-corrected chi connectivity index (χ3v) is 3.26. The maximum Gasteiger partial charge on any atom is 0.0974 e. The molecule has 0 aromatic heterocycles. The lowest BCUT2D eigenvalue weighted by Crippen LogP contribution is -2.32. The molecule has 0 bridgehead atoms. The minimum absolute atomic E-state index is 0.0329. The fourth-order valence-corrected chi connectivity index (χ4v) is 2.32. The van der Waals surface area contributed by atoms with Crippen molar-refractivity contribution < 1.29 is 9.84 Å². The first-order valence-corrected chi connectivity index (χ1v) is 5.31. The van der Waals surface area contributed by atoms with Crippen LogP contribution in [0.25, 0.3) is 0 Å². The van der Waals surface area contributed by atoms with E-state index in [0.717, 1.165) is 6.54 Å². The molecule has 1 aliphatic carbocycles. The Kier molecular flexibility index (Phi) is 2.86. The number of aliphatic hydroxyl groups is 1. The number of hydrogen-bond acceptors (Lipinski definition) is 3. The lowest BCUT2D eigenvalue weighted by atomic mass is 10.1. The van der Waals surface area contributed by atoms with Crippen molar-refractivity contribution in [1.82, 2.24) is 5.32 Å². The van der Waals surface area contributed by atoms with Gasteiger partial charge in [-0.2, -0.15) is 0 Å². The molecule has 3 heteroatoms. The van der Waals surface area contributed by atoms with Crippen molar-refractivity contribution in [3.63, 3.8) is 0 Å². The van der Waals surface area contributed by atoms with Gasteiger partial charge in [-0.1, -0.05) is 13.3 Å². The van der Waals surface area contributed by atoms with Crippen LogP contribution in [0.3, 0.4) is 0 Å². The van der Waals surface area contributed by atoms with Crippen LogP contribution in [0.2, 0.25) is 0 Å². The van der Waals surface area contributed by atoms with Crippen molar-refractivity contribution in [2.75, 3.05) is 13.1 Å². The molecule has 0 amide bonds. The first-order chi connectivity index (χ1) is 6.27. The van der Waals surface area contributed by atoms with Crippen LogP contribution >= 0.6 is 0 Å². The van der Waals surface area contributed by atoms with Crippen LogP contribution in [0.1, 0.15) is 26.2 Å². The molecule has 0 aromatic rings. The summed E-state index contributed by atoms with van der Waals surface area (Å²) >= 11 is 0. The van der Waals surface area contributed by atoms with Gasteiger partial charge >= 0.3 is 0 Å². The quantitative estimate of drug-likeness (QED) is 0.659. The molecule has 4 atom stereocenters. The molecule has 2 aliphatic rings. The summed E-state index contributed by atoms with van der Waals surface area (Å²) in [6.07, 6.45) is 3.85. The number of hydrogen-bond donors (Lipinski definition) is 2. The van der Waals surface area contributed by atoms with Crippen molar-refractivity contribution >= 4 is 0 Å². The summed E-state index contributed by atoms with van der Waals surface area (Å²) in [5, 5.41) is 12.7. The fraction of sp³-hybridized carbons (Fsp3) is 1.00. The molecule has 4 unspecified atom stereocenters. The lowest BCUT2D eigenvalue weighted by molar-refractivity contribution is -0.0638. The maximum atomic E-state index is 9.55. The Morgan fingerprint density at radius 1 is 1.23 bits per heavy atom. The number of nitrogens with one attached hydrogen (secondary N) is 1. The van der Waals surface area contributed by atoms with Gasteiger partial charge < -0.3 is 15.2 Å². The Morgan fingerprint density at radius 2 is 2.08 bits per heavy atom. The minimum Gasteiger partial charge on any atom is -0.389 e. The number of β-amino-alcohol motifs (C(OH)–C–C–N with tert-alkyl or cyclic N) is 1. The van der Waals surface area contributed by atoms with E-state index in [1.165, 1.54) is 19.3 Å². The molecule has 1 heterocycles. The van der Waals surface area contributed by atoms with Gasteiger partial charge in [-0.25, -0.2) is 0 Å². The minimum atomic E-state index is -0.298. The van der Waals surface area contributed by atoms with Crippen molar-refractivity contribution in [3.8, 4) is 0 Å². The van der Waals surface area contributed by atoms with E-state index in [2.05, 4.69) is 12.2 Å². The Bertz CT molecular complexity index is 156. The second-order valence-electron chi connectivity index (χ2n) is 4.35. The van der Waals surface area contributed by atoms with Gasteiger partial charge in [-0.15, -0.1) is 0 Å². The number of rotatable bonds is 2. The van der Waals surface area contributed by atoms with Crippen LogP contribution in [0.4, 0.5) is 0 Å². The largest absolute Gasteiger partial charge is 0.389 e. The van der Waals surface area contributed by atoms with Gasteiger partial charge in [0.2, 0.25) is 0 Å². The van der Waals surface area contributed by atoms with Crippen LogP contribution in [-0.4, -0.2) is 36.5 Å². The van der Waals surface area contributed by atoms with Crippen LogP contribution in [0.5, 0.6) is 0 Å². The predicted octanol–water partition coefficient (Wildman–Crippen LogP) is 0.524. The normalized spacial score (nSPS) is 45.7. The van der Waals surface area contributed by atoms with E-state index >= 15 is 0 Å². The van der Waals surface area contributed by atoms with Gasteiger partial charge in [0.15, 0.2) is 0 Å². The SMILES string of the molecule is CC1CCCC1OC1CNCC1O. The highest BCUT2D eigenvalue weighted by Crippen LogP contribution is 2.29. The monoisotopic (exact) mass is 185 g/mol. The van der Waals surface area contributed by atoms with Gasteiger partial charge in [0, 0.05) is 13.1 Å². The Hall–Kier alpha value is -0.120. The summed E-state index contributed by atoms with van der Waals surface area (Å²) in [6, 6.07) is 0. The standard InChI is InChI=1S/C10H19NO2/c1-7-3-2-4-9(7)13-10-6-11-5-8(10)12/h7-12H,2-6H2,1H3. The van der Waals surface area contributed by atoms with E-state index in [1.807, 2.05) is 0 Å². The molecule has 2 rings (SSSR count). The summed E-state index contributed by atoms with van der Waals surface area (Å²) in [7, 11) is 0. The first-order valence-electron chi connectivity index (χ1n) is 5.31.